The smallest absolute Gasteiger partial charge is 0.00134 e. The maximum Gasteiger partial charge on any atom is -0.00134 e. The highest BCUT2D eigenvalue weighted by Gasteiger charge is 2.18. The molecule has 0 atom stereocenters. The molecule has 0 unspecified atom stereocenters. The van der Waals surface area contributed by atoms with E-state index in [4.69, 9.17) is 0 Å². The van der Waals surface area contributed by atoms with Crippen molar-refractivity contribution in [2.24, 2.45) is 0 Å². The van der Waals surface area contributed by atoms with Crippen LogP contribution in [0.4, 0.5) is 0 Å². The summed E-state index contributed by atoms with van der Waals surface area (Å²) in [7, 11) is 0. The summed E-state index contributed by atoms with van der Waals surface area (Å²) in [4.78, 5) is 0. The largest absolute Gasteiger partial charge is 0.0961 e. The Hall–Kier alpha value is -2.34. The fourth-order valence-corrected chi connectivity index (χ4v) is 3.09. The molecule has 2 aromatic rings. The van der Waals surface area contributed by atoms with Crippen LogP contribution in [-0.2, 0) is 6.42 Å². The topological polar surface area (TPSA) is 0 Å². The fourth-order valence-electron chi connectivity index (χ4n) is 3.09. The van der Waals surface area contributed by atoms with Crippen molar-refractivity contribution in [3.63, 3.8) is 0 Å². The van der Waals surface area contributed by atoms with Crippen LogP contribution < -0.4 is 0 Å². The van der Waals surface area contributed by atoms with E-state index in [0.717, 1.165) is 12.0 Å². The Morgan fingerprint density at radius 2 is 1.42 bits per heavy atom. The maximum absolute atomic E-state index is 4.03. The van der Waals surface area contributed by atoms with Crippen molar-refractivity contribution < 1.29 is 0 Å². The molecular formula is C26H34. The SMILES string of the molecule is C=C(C)/C=C(\C=C(C)C)c1ccc2c(c1)-c1ccccc1C2.CC.CC. The molecule has 0 spiro atoms. The minimum absolute atomic E-state index is 1.05. The Bertz CT molecular complexity index is 797. The Labute approximate surface area is 161 Å². The molecule has 0 saturated heterocycles. The van der Waals surface area contributed by atoms with E-state index in [0.29, 0.717) is 0 Å². The summed E-state index contributed by atoms with van der Waals surface area (Å²) in [5, 5.41) is 0. The van der Waals surface area contributed by atoms with Crippen molar-refractivity contribution in [1.82, 2.24) is 0 Å². The zero-order valence-corrected chi connectivity index (χ0v) is 17.6. The van der Waals surface area contributed by atoms with Gasteiger partial charge in [0.05, 0.1) is 0 Å². The summed E-state index contributed by atoms with van der Waals surface area (Å²) in [5.41, 5.74) is 10.5. The van der Waals surface area contributed by atoms with Gasteiger partial charge in [-0.15, -0.1) is 0 Å². The minimum Gasteiger partial charge on any atom is -0.0961 e. The van der Waals surface area contributed by atoms with Gasteiger partial charge < -0.3 is 0 Å². The Balaban J connectivity index is 0.000000791. The second-order valence-corrected chi connectivity index (χ2v) is 6.37. The van der Waals surface area contributed by atoms with Gasteiger partial charge in [0.2, 0.25) is 0 Å². The molecule has 0 saturated carbocycles. The van der Waals surface area contributed by atoms with Crippen LogP contribution in [0.15, 0.2) is 72.3 Å². The molecule has 0 bridgehead atoms. The molecule has 1 aliphatic rings. The summed E-state index contributed by atoms with van der Waals surface area (Å²) in [6.45, 7) is 18.3. The Morgan fingerprint density at radius 3 is 2.04 bits per heavy atom. The molecule has 138 valence electrons. The molecule has 2 aromatic carbocycles. The second-order valence-electron chi connectivity index (χ2n) is 6.37. The van der Waals surface area contributed by atoms with Gasteiger partial charge in [0.15, 0.2) is 0 Å². The minimum atomic E-state index is 1.05. The van der Waals surface area contributed by atoms with E-state index < -0.39 is 0 Å². The Morgan fingerprint density at radius 1 is 0.808 bits per heavy atom. The first kappa shape index (κ1) is 21.7. The molecule has 0 aliphatic heterocycles. The van der Waals surface area contributed by atoms with Crippen LogP contribution in [-0.4, -0.2) is 0 Å². The number of rotatable bonds is 3. The molecule has 0 aromatic heterocycles. The summed E-state index contributed by atoms with van der Waals surface area (Å²) in [5.74, 6) is 0. The van der Waals surface area contributed by atoms with Gasteiger partial charge in [-0.2, -0.15) is 0 Å². The van der Waals surface area contributed by atoms with Crippen LogP contribution in [0.2, 0.25) is 0 Å². The lowest BCUT2D eigenvalue weighted by Gasteiger charge is -2.08. The van der Waals surface area contributed by atoms with Crippen molar-refractivity contribution in [3.8, 4) is 11.1 Å². The van der Waals surface area contributed by atoms with E-state index in [1.807, 2.05) is 34.6 Å². The second kappa shape index (κ2) is 10.6. The van der Waals surface area contributed by atoms with Crippen LogP contribution in [0.1, 0.15) is 65.2 Å². The summed E-state index contributed by atoms with van der Waals surface area (Å²) < 4.78 is 0. The molecule has 0 N–H and O–H groups in total. The van der Waals surface area contributed by atoms with Crippen LogP contribution in [0, 0.1) is 0 Å². The standard InChI is InChI=1S/C22H22.2C2H6/c1-15(2)11-20(12-16(3)4)17-9-10-19-13-18-7-5-6-8-21(18)22(19)14-17;2*1-2/h5-12,14H,1,13H2,2-4H3;2*1-2H3/b20-11+;;. The van der Waals surface area contributed by atoms with E-state index in [2.05, 4.69) is 75.0 Å². The average Bonchev–Trinajstić information content (AvgIpc) is 3.01. The predicted octanol–water partition coefficient (Wildman–Crippen LogP) is 8.24. The molecule has 0 amide bonds. The van der Waals surface area contributed by atoms with Gasteiger partial charge in [-0.05, 0) is 66.6 Å². The number of hydrogen-bond acceptors (Lipinski definition) is 0. The van der Waals surface area contributed by atoms with Gasteiger partial charge in [0.25, 0.3) is 0 Å². The summed E-state index contributed by atoms with van der Waals surface area (Å²) in [6, 6.07) is 15.6. The lowest BCUT2D eigenvalue weighted by atomic mass is 9.96. The van der Waals surface area contributed by atoms with Crippen molar-refractivity contribution in [3.05, 3.63) is 89.0 Å². The van der Waals surface area contributed by atoms with E-state index in [-0.39, 0.29) is 0 Å². The zero-order chi connectivity index (χ0) is 19.7. The van der Waals surface area contributed by atoms with Crippen molar-refractivity contribution in [2.45, 2.75) is 54.9 Å². The van der Waals surface area contributed by atoms with E-state index in [1.165, 1.54) is 39.0 Å². The molecular weight excluding hydrogens is 312 g/mol. The normalized spacial score (nSPS) is 11.1. The van der Waals surface area contributed by atoms with Gasteiger partial charge in [0, 0.05) is 0 Å². The Kier molecular flexibility index (Phi) is 8.85. The van der Waals surface area contributed by atoms with E-state index >= 15 is 0 Å². The number of allylic oxidation sites excluding steroid dienone is 5. The van der Waals surface area contributed by atoms with Crippen LogP contribution in [0.25, 0.3) is 16.7 Å². The summed E-state index contributed by atoms with van der Waals surface area (Å²) in [6.07, 6.45) is 5.45. The molecule has 0 heteroatoms. The number of hydrogen-bond donors (Lipinski definition) is 0. The number of fused-ring (bicyclic) bond motifs is 3. The van der Waals surface area contributed by atoms with Crippen molar-refractivity contribution in [1.29, 1.82) is 0 Å². The first-order chi connectivity index (χ1) is 12.5. The molecule has 0 heterocycles. The van der Waals surface area contributed by atoms with Gasteiger partial charge in [-0.3, -0.25) is 0 Å². The first-order valence-electron chi connectivity index (χ1n) is 9.78. The zero-order valence-electron chi connectivity index (χ0n) is 17.6. The third-order valence-electron chi connectivity index (χ3n) is 3.98. The van der Waals surface area contributed by atoms with Crippen LogP contribution >= 0.6 is 0 Å². The molecule has 0 fully saturated rings. The van der Waals surface area contributed by atoms with Gasteiger partial charge in [-0.1, -0.05) is 94.0 Å². The van der Waals surface area contributed by atoms with E-state index in [1.54, 1.807) is 0 Å². The third-order valence-corrected chi connectivity index (χ3v) is 3.98. The molecule has 26 heavy (non-hydrogen) atoms. The lowest BCUT2D eigenvalue weighted by Crippen LogP contribution is -1.87. The molecule has 3 rings (SSSR count). The molecule has 0 radical (unpaired) electrons. The van der Waals surface area contributed by atoms with Gasteiger partial charge in [0.1, 0.15) is 0 Å². The van der Waals surface area contributed by atoms with Crippen molar-refractivity contribution in [2.75, 3.05) is 0 Å². The average molecular weight is 347 g/mol. The molecule has 0 nitrogen and oxygen atoms in total. The quantitative estimate of drug-likeness (QED) is 0.419. The predicted molar refractivity (Wildman–Crippen MR) is 120 cm³/mol. The lowest BCUT2D eigenvalue weighted by molar-refractivity contribution is 1.26. The fraction of sp³-hybridized carbons (Fsp3) is 0.308. The highest BCUT2D eigenvalue weighted by molar-refractivity contribution is 5.83. The molecule has 1 aliphatic carbocycles. The highest BCUT2D eigenvalue weighted by Crippen LogP contribution is 2.38. The third kappa shape index (κ3) is 5.33. The van der Waals surface area contributed by atoms with Crippen LogP contribution in [0.5, 0.6) is 0 Å². The maximum atomic E-state index is 4.03. The van der Waals surface area contributed by atoms with Gasteiger partial charge >= 0.3 is 0 Å². The summed E-state index contributed by atoms with van der Waals surface area (Å²) >= 11 is 0. The number of benzene rings is 2. The monoisotopic (exact) mass is 346 g/mol. The first-order valence-corrected chi connectivity index (χ1v) is 9.78. The van der Waals surface area contributed by atoms with Gasteiger partial charge in [-0.25, -0.2) is 0 Å². The van der Waals surface area contributed by atoms with E-state index in [9.17, 15) is 0 Å². The van der Waals surface area contributed by atoms with Crippen molar-refractivity contribution >= 4 is 5.57 Å². The van der Waals surface area contributed by atoms with Crippen LogP contribution in [0.3, 0.4) is 0 Å². The highest BCUT2D eigenvalue weighted by atomic mass is 14.2.